The molecule has 1 saturated carbocycles. The van der Waals surface area contributed by atoms with E-state index in [1.165, 1.54) is 4.90 Å². The molecule has 0 unspecified atom stereocenters. The van der Waals surface area contributed by atoms with Crippen molar-refractivity contribution in [2.24, 2.45) is 11.3 Å². The van der Waals surface area contributed by atoms with Gasteiger partial charge in [-0.1, -0.05) is 33.6 Å². The molecule has 1 aliphatic carbocycles. The van der Waals surface area contributed by atoms with Gasteiger partial charge in [-0.15, -0.1) is 0 Å². The van der Waals surface area contributed by atoms with Crippen molar-refractivity contribution in [3.8, 4) is 0 Å². The Bertz CT molecular complexity index is 259. The first-order chi connectivity index (χ1) is 6.84. The maximum Gasteiger partial charge on any atom is 0.234 e. The minimum atomic E-state index is -0.469. The van der Waals surface area contributed by atoms with Gasteiger partial charge in [0.15, 0.2) is 0 Å². The van der Waals surface area contributed by atoms with E-state index in [1.807, 2.05) is 20.8 Å². The van der Waals surface area contributed by atoms with Gasteiger partial charge in [0.1, 0.15) is 0 Å². The summed E-state index contributed by atoms with van der Waals surface area (Å²) < 4.78 is 0. The molecule has 0 radical (unpaired) electrons. The predicted octanol–water partition coefficient (Wildman–Crippen LogP) is 2.21. The van der Waals surface area contributed by atoms with Crippen LogP contribution in [-0.2, 0) is 9.59 Å². The van der Waals surface area contributed by atoms with Crippen molar-refractivity contribution < 1.29 is 9.59 Å². The second kappa shape index (κ2) is 4.33. The molecule has 0 spiro atoms. The van der Waals surface area contributed by atoms with Crippen LogP contribution in [0.25, 0.3) is 0 Å². The van der Waals surface area contributed by atoms with Crippen LogP contribution in [0.15, 0.2) is 0 Å². The lowest BCUT2D eigenvalue weighted by Gasteiger charge is -2.26. The van der Waals surface area contributed by atoms with E-state index in [0.717, 1.165) is 25.7 Å². The largest absolute Gasteiger partial charge is 0.285 e. The van der Waals surface area contributed by atoms with E-state index in [-0.39, 0.29) is 17.7 Å². The van der Waals surface area contributed by atoms with Gasteiger partial charge in [0.25, 0.3) is 0 Å². The zero-order valence-corrected chi connectivity index (χ0v) is 10.2. The molecule has 0 atom stereocenters. The van der Waals surface area contributed by atoms with E-state index >= 15 is 0 Å². The second-order valence-corrected chi connectivity index (χ2v) is 5.43. The Hall–Kier alpha value is -0.860. The molecule has 0 aliphatic heterocycles. The summed E-state index contributed by atoms with van der Waals surface area (Å²) in [6.07, 6.45) is 4.13. The smallest absolute Gasteiger partial charge is 0.234 e. The third-order valence-electron chi connectivity index (χ3n) is 2.98. The van der Waals surface area contributed by atoms with Gasteiger partial charge in [-0.05, 0) is 12.8 Å². The van der Waals surface area contributed by atoms with Crippen LogP contribution in [0.4, 0.5) is 0 Å². The molecule has 1 fully saturated rings. The van der Waals surface area contributed by atoms with E-state index in [0.29, 0.717) is 0 Å². The summed E-state index contributed by atoms with van der Waals surface area (Å²) in [6.45, 7) is 5.52. The third kappa shape index (κ3) is 2.80. The summed E-state index contributed by atoms with van der Waals surface area (Å²) in [5.74, 6) is 0.00752. The van der Waals surface area contributed by atoms with Crippen LogP contribution in [0.1, 0.15) is 46.5 Å². The molecule has 0 aromatic rings. The molecular weight excluding hydrogens is 190 g/mol. The van der Waals surface area contributed by atoms with E-state index in [4.69, 9.17) is 0 Å². The van der Waals surface area contributed by atoms with Gasteiger partial charge in [0.2, 0.25) is 11.8 Å². The highest BCUT2D eigenvalue weighted by Crippen LogP contribution is 2.27. The summed E-state index contributed by atoms with van der Waals surface area (Å²) in [5.41, 5.74) is -0.469. The average molecular weight is 211 g/mol. The van der Waals surface area contributed by atoms with Gasteiger partial charge in [-0.25, -0.2) is 0 Å². The van der Waals surface area contributed by atoms with Crippen LogP contribution < -0.4 is 0 Å². The molecule has 3 heteroatoms. The van der Waals surface area contributed by atoms with Crippen molar-refractivity contribution in [2.75, 3.05) is 7.05 Å². The standard InChI is InChI=1S/C12H21NO2/c1-12(2,3)11(15)13(4)10(14)9-7-5-6-8-9/h9H,5-8H2,1-4H3. The van der Waals surface area contributed by atoms with Gasteiger partial charge < -0.3 is 0 Å². The molecule has 0 N–H and O–H groups in total. The lowest BCUT2D eigenvalue weighted by molar-refractivity contribution is -0.150. The molecule has 3 nitrogen and oxygen atoms in total. The van der Waals surface area contributed by atoms with Gasteiger partial charge in [-0.2, -0.15) is 0 Å². The topological polar surface area (TPSA) is 37.4 Å². The Morgan fingerprint density at radius 1 is 1.13 bits per heavy atom. The molecule has 1 rings (SSSR count). The number of carbonyl (C=O) groups excluding carboxylic acids is 2. The summed E-state index contributed by atoms with van der Waals surface area (Å²) >= 11 is 0. The number of hydrogen-bond acceptors (Lipinski definition) is 2. The summed E-state index contributed by atoms with van der Waals surface area (Å²) in [7, 11) is 1.61. The first-order valence-corrected chi connectivity index (χ1v) is 5.66. The van der Waals surface area contributed by atoms with Crippen molar-refractivity contribution in [3.05, 3.63) is 0 Å². The van der Waals surface area contributed by atoms with Gasteiger partial charge in [0, 0.05) is 18.4 Å². The molecule has 0 aromatic heterocycles. The van der Waals surface area contributed by atoms with E-state index < -0.39 is 5.41 Å². The fraction of sp³-hybridized carbons (Fsp3) is 0.833. The van der Waals surface area contributed by atoms with Gasteiger partial charge in [0.05, 0.1) is 0 Å². The minimum absolute atomic E-state index is 0.00688. The first kappa shape index (κ1) is 12.2. The SMILES string of the molecule is CN(C(=O)C1CCCC1)C(=O)C(C)(C)C. The van der Waals surface area contributed by atoms with E-state index in [9.17, 15) is 9.59 Å². The molecule has 15 heavy (non-hydrogen) atoms. The van der Waals surface area contributed by atoms with Crippen molar-refractivity contribution in [3.63, 3.8) is 0 Å². The number of nitrogens with zero attached hydrogens (tertiary/aromatic N) is 1. The lowest BCUT2D eigenvalue weighted by Crippen LogP contribution is -2.43. The monoisotopic (exact) mass is 211 g/mol. The molecule has 0 saturated heterocycles. The Kier molecular flexibility index (Phi) is 3.53. The molecule has 0 bridgehead atoms. The Morgan fingerprint density at radius 2 is 1.60 bits per heavy atom. The number of amides is 2. The normalized spacial score (nSPS) is 17.9. The van der Waals surface area contributed by atoms with Gasteiger partial charge >= 0.3 is 0 Å². The number of carbonyl (C=O) groups is 2. The fourth-order valence-corrected chi connectivity index (χ4v) is 2.05. The Balaban J connectivity index is 2.63. The van der Waals surface area contributed by atoms with E-state index in [1.54, 1.807) is 7.05 Å². The summed E-state index contributed by atoms with van der Waals surface area (Å²) in [6, 6.07) is 0. The quantitative estimate of drug-likeness (QED) is 0.667. The number of imide groups is 1. The van der Waals surface area contributed by atoms with Crippen LogP contribution in [0.3, 0.4) is 0 Å². The van der Waals surface area contributed by atoms with Crippen molar-refractivity contribution >= 4 is 11.8 Å². The second-order valence-electron chi connectivity index (χ2n) is 5.43. The molecule has 2 amide bonds. The fourth-order valence-electron chi connectivity index (χ4n) is 2.05. The van der Waals surface area contributed by atoms with Crippen molar-refractivity contribution in [1.29, 1.82) is 0 Å². The van der Waals surface area contributed by atoms with Crippen molar-refractivity contribution in [2.45, 2.75) is 46.5 Å². The average Bonchev–Trinajstić information content (AvgIpc) is 2.65. The summed E-state index contributed by atoms with van der Waals surface area (Å²) in [4.78, 5) is 25.1. The first-order valence-electron chi connectivity index (χ1n) is 5.66. The van der Waals surface area contributed by atoms with E-state index in [2.05, 4.69) is 0 Å². The predicted molar refractivity (Wildman–Crippen MR) is 59.2 cm³/mol. The van der Waals surface area contributed by atoms with Gasteiger partial charge in [-0.3, -0.25) is 14.5 Å². The highest BCUT2D eigenvalue weighted by atomic mass is 16.2. The zero-order valence-electron chi connectivity index (χ0n) is 10.2. The molecule has 1 aliphatic rings. The molecular formula is C12H21NO2. The Morgan fingerprint density at radius 3 is 2.00 bits per heavy atom. The maximum atomic E-state index is 11.9. The number of rotatable bonds is 1. The van der Waals surface area contributed by atoms with Crippen LogP contribution in [0.2, 0.25) is 0 Å². The number of hydrogen-bond donors (Lipinski definition) is 0. The van der Waals surface area contributed by atoms with Crippen LogP contribution in [0, 0.1) is 11.3 Å². The third-order valence-corrected chi connectivity index (χ3v) is 2.98. The zero-order chi connectivity index (χ0) is 11.6. The highest BCUT2D eigenvalue weighted by molar-refractivity contribution is 5.98. The maximum absolute atomic E-state index is 11.9. The highest BCUT2D eigenvalue weighted by Gasteiger charge is 2.33. The molecule has 0 heterocycles. The van der Waals surface area contributed by atoms with Crippen LogP contribution in [-0.4, -0.2) is 23.8 Å². The lowest BCUT2D eigenvalue weighted by atomic mass is 9.94. The Labute approximate surface area is 91.8 Å². The van der Waals surface area contributed by atoms with Crippen LogP contribution in [0.5, 0.6) is 0 Å². The van der Waals surface area contributed by atoms with Crippen LogP contribution >= 0.6 is 0 Å². The molecule has 86 valence electrons. The molecule has 0 aromatic carbocycles. The minimum Gasteiger partial charge on any atom is -0.285 e. The van der Waals surface area contributed by atoms with Crippen molar-refractivity contribution in [1.82, 2.24) is 4.90 Å². The summed E-state index contributed by atoms with van der Waals surface area (Å²) in [5, 5.41) is 0.